The van der Waals surface area contributed by atoms with Crippen LogP contribution in [-0.2, 0) is 14.6 Å². The summed E-state index contributed by atoms with van der Waals surface area (Å²) >= 11 is 5.96. The number of hydrogen-bond acceptors (Lipinski definition) is 3. The predicted molar refractivity (Wildman–Crippen MR) is 62.2 cm³/mol. The van der Waals surface area contributed by atoms with Crippen LogP contribution in [0.25, 0.3) is 0 Å². The Hall–Kier alpha value is -0.290. The number of hydrogen-bond donors (Lipinski definition) is 0. The lowest BCUT2D eigenvalue weighted by atomic mass is 10.0. The minimum absolute atomic E-state index is 0.00430. The third-order valence-corrected chi connectivity index (χ3v) is 5.52. The molecule has 0 aromatic heterocycles. The van der Waals surface area contributed by atoms with Gasteiger partial charge in [-0.05, 0) is 19.3 Å². The normalized spacial score (nSPS) is 30.6. The molecule has 0 radical (unpaired) electrons. The van der Waals surface area contributed by atoms with Crippen molar-refractivity contribution in [3.8, 4) is 0 Å². The Bertz CT molecular complexity index is 374. The zero-order valence-corrected chi connectivity index (χ0v) is 10.6. The molecule has 2 rings (SSSR count). The molecular formula is C10H16ClNO3S. The first kappa shape index (κ1) is 12.2. The summed E-state index contributed by atoms with van der Waals surface area (Å²) < 4.78 is 22.6. The second-order valence-corrected chi connectivity index (χ2v) is 7.45. The summed E-state index contributed by atoms with van der Waals surface area (Å²) in [6, 6.07) is 0. The lowest BCUT2D eigenvalue weighted by Gasteiger charge is -2.31. The minimum atomic E-state index is -2.96. The van der Waals surface area contributed by atoms with Gasteiger partial charge in [-0.25, -0.2) is 8.42 Å². The van der Waals surface area contributed by atoms with E-state index in [1.165, 1.54) is 0 Å². The van der Waals surface area contributed by atoms with E-state index in [1.807, 2.05) is 0 Å². The maximum atomic E-state index is 12.0. The van der Waals surface area contributed by atoms with Crippen LogP contribution < -0.4 is 0 Å². The van der Waals surface area contributed by atoms with Crippen LogP contribution in [0.4, 0.5) is 0 Å². The average Bonchev–Trinajstić information content (AvgIpc) is 2.59. The summed E-state index contributed by atoms with van der Waals surface area (Å²) in [6.07, 6.45) is 2.11. The fourth-order valence-corrected chi connectivity index (χ4v) is 4.24. The van der Waals surface area contributed by atoms with Gasteiger partial charge in [-0.15, -0.1) is 11.6 Å². The molecule has 0 aliphatic carbocycles. The Morgan fingerprint density at radius 2 is 1.81 bits per heavy atom. The maximum Gasteiger partial charge on any atom is 0.226 e. The summed E-state index contributed by atoms with van der Waals surface area (Å²) in [6.45, 7) is 1.34. The molecule has 2 heterocycles. The Kier molecular flexibility index (Phi) is 3.45. The molecule has 4 nitrogen and oxygen atoms in total. The highest BCUT2D eigenvalue weighted by molar-refractivity contribution is 7.91. The summed E-state index contributed by atoms with van der Waals surface area (Å²) in [4.78, 5) is 13.8. The number of amides is 1. The molecule has 0 spiro atoms. The van der Waals surface area contributed by atoms with Gasteiger partial charge in [-0.3, -0.25) is 4.79 Å². The number of sulfone groups is 1. The molecule has 16 heavy (non-hydrogen) atoms. The maximum absolute atomic E-state index is 12.0. The van der Waals surface area contributed by atoms with E-state index in [4.69, 9.17) is 11.6 Å². The Morgan fingerprint density at radius 3 is 2.31 bits per heavy atom. The van der Waals surface area contributed by atoms with Crippen molar-refractivity contribution in [1.82, 2.24) is 4.90 Å². The molecule has 2 fully saturated rings. The van der Waals surface area contributed by atoms with Crippen molar-refractivity contribution in [2.45, 2.75) is 24.6 Å². The van der Waals surface area contributed by atoms with Gasteiger partial charge in [0, 0.05) is 18.5 Å². The average molecular weight is 266 g/mol. The molecule has 1 atom stereocenters. The van der Waals surface area contributed by atoms with Gasteiger partial charge < -0.3 is 4.90 Å². The number of carbonyl (C=O) groups is 1. The Morgan fingerprint density at radius 1 is 1.19 bits per heavy atom. The molecule has 92 valence electrons. The molecule has 6 heteroatoms. The molecular weight excluding hydrogens is 250 g/mol. The first-order valence-electron chi connectivity index (χ1n) is 5.61. The van der Waals surface area contributed by atoms with Crippen LogP contribution in [0.1, 0.15) is 19.3 Å². The molecule has 0 N–H and O–H groups in total. The van der Waals surface area contributed by atoms with Crippen LogP contribution in [0.2, 0.25) is 0 Å². The third-order valence-electron chi connectivity index (χ3n) is 3.32. The van der Waals surface area contributed by atoms with Crippen LogP contribution in [-0.4, -0.2) is 49.2 Å². The van der Waals surface area contributed by atoms with Crippen LogP contribution in [0.15, 0.2) is 0 Å². The van der Waals surface area contributed by atoms with E-state index in [0.29, 0.717) is 19.5 Å². The number of alkyl halides is 1. The van der Waals surface area contributed by atoms with Gasteiger partial charge in [0.1, 0.15) is 0 Å². The van der Waals surface area contributed by atoms with Gasteiger partial charge in [0.2, 0.25) is 5.91 Å². The topological polar surface area (TPSA) is 54.5 Å². The van der Waals surface area contributed by atoms with Crippen molar-refractivity contribution < 1.29 is 13.2 Å². The number of likely N-dealkylation sites (tertiary alicyclic amines) is 1. The molecule has 0 saturated carbocycles. The van der Waals surface area contributed by atoms with E-state index in [0.717, 1.165) is 12.8 Å². The second kappa shape index (κ2) is 4.53. The third kappa shape index (κ3) is 2.69. The zero-order chi connectivity index (χ0) is 11.8. The monoisotopic (exact) mass is 265 g/mol. The Balaban J connectivity index is 1.93. The van der Waals surface area contributed by atoms with Crippen molar-refractivity contribution in [2.75, 3.05) is 24.6 Å². The molecule has 2 saturated heterocycles. The molecule has 1 amide bonds. The quantitative estimate of drug-likeness (QED) is 0.654. The molecule has 1 unspecified atom stereocenters. The van der Waals surface area contributed by atoms with Gasteiger partial charge in [-0.2, -0.15) is 0 Å². The number of piperidine rings is 1. The smallest absolute Gasteiger partial charge is 0.226 e. The van der Waals surface area contributed by atoms with Crippen LogP contribution in [0.5, 0.6) is 0 Å². The molecule has 2 aliphatic rings. The summed E-state index contributed by atoms with van der Waals surface area (Å²) in [5.74, 6) is -0.108. The first-order chi connectivity index (χ1) is 7.48. The van der Waals surface area contributed by atoms with Crippen molar-refractivity contribution in [1.29, 1.82) is 0 Å². The minimum Gasteiger partial charge on any atom is -0.342 e. The zero-order valence-electron chi connectivity index (χ0n) is 9.06. The van der Waals surface area contributed by atoms with Crippen LogP contribution in [0.3, 0.4) is 0 Å². The van der Waals surface area contributed by atoms with E-state index in [-0.39, 0.29) is 28.7 Å². The van der Waals surface area contributed by atoms with Gasteiger partial charge >= 0.3 is 0 Å². The van der Waals surface area contributed by atoms with E-state index in [9.17, 15) is 13.2 Å². The number of rotatable bonds is 1. The fourth-order valence-electron chi connectivity index (χ4n) is 2.32. The lowest BCUT2D eigenvalue weighted by molar-refractivity contribution is -0.135. The molecule has 0 aromatic carbocycles. The highest BCUT2D eigenvalue weighted by Gasteiger charge is 2.36. The standard InChI is InChI=1S/C10H16ClNO3S/c11-9-1-4-12(5-2-9)10(13)8-3-6-16(14,15)7-8/h8-9H,1-7H2. The van der Waals surface area contributed by atoms with Crippen molar-refractivity contribution >= 4 is 27.3 Å². The van der Waals surface area contributed by atoms with E-state index in [2.05, 4.69) is 0 Å². The SMILES string of the molecule is O=C(C1CCS(=O)(=O)C1)N1CCC(Cl)CC1. The largest absolute Gasteiger partial charge is 0.342 e. The van der Waals surface area contributed by atoms with Crippen molar-refractivity contribution in [3.05, 3.63) is 0 Å². The van der Waals surface area contributed by atoms with Crippen molar-refractivity contribution in [3.63, 3.8) is 0 Å². The molecule has 0 aromatic rings. The van der Waals surface area contributed by atoms with E-state index < -0.39 is 9.84 Å². The van der Waals surface area contributed by atoms with Gasteiger partial charge in [0.15, 0.2) is 9.84 Å². The fraction of sp³-hybridized carbons (Fsp3) is 0.900. The highest BCUT2D eigenvalue weighted by Crippen LogP contribution is 2.23. The number of carbonyl (C=O) groups excluding carboxylic acids is 1. The number of nitrogens with zero attached hydrogens (tertiary/aromatic N) is 1. The second-order valence-electron chi connectivity index (χ2n) is 4.60. The van der Waals surface area contributed by atoms with Crippen LogP contribution >= 0.6 is 11.6 Å². The van der Waals surface area contributed by atoms with Gasteiger partial charge in [0.05, 0.1) is 17.4 Å². The molecule has 0 bridgehead atoms. The van der Waals surface area contributed by atoms with Gasteiger partial charge in [-0.1, -0.05) is 0 Å². The van der Waals surface area contributed by atoms with Crippen LogP contribution in [0, 0.1) is 5.92 Å². The lowest BCUT2D eigenvalue weighted by Crippen LogP contribution is -2.42. The first-order valence-corrected chi connectivity index (χ1v) is 7.87. The number of halogens is 1. The van der Waals surface area contributed by atoms with E-state index >= 15 is 0 Å². The highest BCUT2D eigenvalue weighted by atomic mass is 35.5. The predicted octanol–water partition coefficient (Wildman–Crippen LogP) is 0.651. The molecule has 2 aliphatic heterocycles. The summed E-state index contributed by atoms with van der Waals surface area (Å²) in [7, 11) is -2.96. The summed E-state index contributed by atoms with van der Waals surface area (Å²) in [5.41, 5.74) is 0. The summed E-state index contributed by atoms with van der Waals surface area (Å²) in [5, 5.41) is 0.163. The van der Waals surface area contributed by atoms with Gasteiger partial charge in [0.25, 0.3) is 0 Å². The van der Waals surface area contributed by atoms with E-state index in [1.54, 1.807) is 4.90 Å². The Labute approximate surface area is 101 Å². The van der Waals surface area contributed by atoms with Crippen molar-refractivity contribution in [2.24, 2.45) is 5.92 Å².